The third-order valence-corrected chi connectivity index (χ3v) is 8.47. The lowest BCUT2D eigenvalue weighted by molar-refractivity contribution is -0.0435. The molecule has 2 aromatic rings. The van der Waals surface area contributed by atoms with Crippen LogP contribution in [-0.2, 0) is 24.6 Å². The number of nitrogens with two attached hydrogens (primary N) is 1. The van der Waals surface area contributed by atoms with Crippen LogP contribution in [0.4, 0.5) is 24.5 Å². The molecule has 35 heavy (non-hydrogen) atoms. The van der Waals surface area contributed by atoms with Gasteiger partial charge in [0.25, 0.3) is 9.84 Å². The van der Waals surface area contributed by atoms with Crippen LogP contribution in [-0.4, -0.2) is 55.2 Å². The lowest BCUT2D eigenvalue weighted by atomic mass is 10.1. The molecule has 3 rings (SSSR count). The second kappa shape index (κ2) is 10.5. The van der Waals surface area contributed by atoms with Crippen LogP contribution < -0.4 is 14.9 Å². The zero-order valence-corrected chi connectivity index (χ0v) is 21.3. The Balaban J connectivity index is 2.13. The summed E-state index contributed by atoms with van der Waals surface area (Å²) in [4.78, 5) is 1.55. The molecule has 194 valence electrons. The van der Waals surface area contributed by atoms with Gasteiger partial charge in [-0.3, -0.25) is 0 Å². The Bertz CT molecular complexity index is 1260. The van der Waals surface area contributed by atoms with Gasteiger partial charge in [0.05, 0.1) is 29.2 Å². The number of hydrogen-bond donors (Lipinski definition) is 2. The number of ether oxygens (including phenoxy) is 1. The van der Waals surface area contributed by atoms with Gasteiger partial charge >= 0.3 is 5.51 Å². The lowest BCUT2D eigenvalue weighted by Crippen LogP contribution is -2.36. The largest absolute Gasteiger partial charge is 0.501 e. The first kappa shape index (κ1) is 27.6. The smallest absolute Gasteiger partial charge is 0.378 e. The summed E-state index contributed by atoms with van der Waals surface area (Å²) < 4.78 is 94.4. The highest BCUT2D eigenvalue weighted by atomic mass is 32.2. The maximum atomic E-state index is 13.5. The fourth-order valence-corrected chi connectivity index (χ4v) is 5.75. The van der Waals surface area contributed by atoms with E-state index in [0.29, 0.717) is 44.4 Å². The van der Waals surface area contributed by atoms with Gasteiger partial charge in [0.1, 0.15) is 4.90 Å². The second-order valence-electron chi connectivity index (χ2n) is 7.89. The summed E-state index contributed by atoms with van der Waals surface area (Å²) in [7, 11) is -10.4. The summed E-state index contributed by atoms with van der Waals surface area (Å²) >= 11 is 4.63. The Morgan fingerprint density at radius 1 is 1.11 bits per heavy atom. The second-order valence-corrected chi connectivity index (χ2v) is 11.8. The fraction of sp³-hybridized carbons (Fsp3) is 0.429. The van der Waals surface area contributed by atoms with E-state index in [1.54, 1.807) is 19.1 Å². The van der Waals surface area contributed by atoms with Crippen molar-refractivity contribution < 1.29 is 34.7 Å². The molecule has 0 aliphatic carbocycles. The van der Waals surface area contributed by atoms with Crippen LogP contribution in [0.5, 0.6) is 0 Å². The van der Waals surface area contributed by atoms with E-state index in [0.717, 1.165) is 17.8 Å². The van der Waals surface area contributed by atoms with Crippen LogP contribution in [0.3, 0.4) is 0 Å². The Morgan fingerprint density at radius 2 is 1.77 bits per heavy atom. The molecule has 0 bridgehead atoms. The molecule has 2 N–H and O–H groups in total. The Kier molecular flexibility index (Phi) is 8.31. The molecule has 1 aliphatic rings. The van der Waals surface area contributed by atoms with Crippen molar-refractivity contribution in [2.45, 2.75) is 34.0 Å². The minimum atomic E-state index is -5.91. The molecule has 1 aliphatic heterocycles. The van der Waals surface area contributed by atoms with Crippen molar-refractivity contribution in [1.82, 2.24) is 0 Å². The summed E-state index contributed by atoms with van der Waals surface area (Å²) in [5.41, 5.74) is -4.49. The van der Waals surface area contributed by atoms with Crippen LogP contribution in [0, 0.1) is 0 Å². The summed E-state index contributed by atoms with van der Waals surface area (Å²) in [6, 6.07) is 9.69. The molecule has 0 saturated carbocycles. The Morgan fingerprint density at radius 3 is 2.34 bits per heavy atom. The molecule has 1 atom stereocenters. The number of halogens is 3. The van der Waals surface area contributed by atoms with E-state index in [-0.39, 0.29) is 12.2 Å². The number of benzene rings is 2. The van der Waals surface area contributed by atoms with E-state index in [9.17, 15) is 30.0 Å². The highest BCUT2D eigenvalue weighted by molar-refractivity contribution is 7.92. The van der Waals surface area contributed by atoms with Crippen molar-refractivity contribution in [2.24, 2.45) is 5.14 Å². The topological polar surface area (TPSA) is 110 Å². The molecule has 0 spiro atoms. The number of anilines is 2. The number of sulfonamides is 1. The zero-order valence-electron chi connectivity index (χ0n) is 18.8. The van der Waals surface area contributed by atoms with Crippen molar-refractivity contribution >= 4 is 43.9 Å². The molecule has 0 amide bonds. The maximum Gasteiger partial charge on any atom is 0.501 e. The van der Waals surface area contributed by atoms with Crippen LogP contribution in [0.2, 0.25) is 0 Å². The van der Waals surface area contributed by atoms with E-state index < -0.39 is 40.5 Å². The fourth-order valence-electron chi connectivity index (χ4n) is 3.75. The number of sulfone groups is 1. The van der Waals surface area contributed by atoms with Crippen LogP contribution in [0.25, 0.3) is 0 Å². The van der Waals surface area contributed by atoms with Crippen molar-refractivity contribution in [3.8, 4) is 0 Å². The standard InChI is InChI=1S/C21H26F3N3O5S3/c1-2-8-27(20(33)15-4-3-5-16(13-15)26-9-11-32-12-10-26)18-7-6-17(35(25,30)31)14-19(18)34(28,29)21(22,23)24/h3-7,13-14,20,33H,2,8-12H2,1H3,(H2,25,30,31)/t20-/m1/s1. The molecule has 0 radical (unpaired) electrons. The van der Waals surface area contributed by atoms with Crippen LogP contribution in [0.15, 0.2) is 52.3 Å². The first-order valence-electron chi connectivity index (χ1n) is 10.6. The number of nitrogens with zero attached hydrogens (tertiary/aromatic N) is 2. The molecule has 2 aromatic carbocycles. The molecule has 1 saturated heterocycles. The number of hydrogen-bond acceptors (Lipinski definition) is 8. The highest BCUT2D eigenvalue weighted by Gasteiger charge is 2.49. The molecule has 8 nitrogen and oxygen atoms in total. The number of morpholine rings is 1. The first-order valence-corrected chi connectivity index (χ1v) is 14.2. The third kappa shape index (κ3) is 6.05. The molecular weight excluding hydrogens is 527 g/mol. The van der Waals surface area contributed by atoms with Crippen molar-refractivity contribution in [2.75, 3.05) is 42.6 Å². The maximum absolute atomic E-state index is 13.5. The predicted octanol–water partition coefficient (Wildman–Crippen LogP) is 3.31. The molecule has 1 fully saturated rings. The van der Waals surface area contributed by atoms with Gasteiger partial charge in [-0.15, -0.1) is 12.6 Å². The average Bonchev–Trinajstić information content (AvgIpc) is 2.81. The van der Waals surface area contributed by atoms with Crippen molar-refractivity contribution in [3.05, 3.63) is 48.0 Å². The minimum Gasteiger partial charge on any atom is -0.378 e. The van der Waals surface area contributed by atoms with Gasteiger partial charge in [0.2, 0.25) is 10.0 Å². The Hall–Kier alpha value is -2.00. The summed E-state index contributed by atoms with van der Waals surface area (Å²) in [6.45, 7) is 4.38. The lowest BCUT2D eigenvalue weighted by Gasteiger charge is -2.34. The normalized spacial score (nSPS) is 16.2. The van der Waals surface area contributed by atoms with E-state index >= 15 is 0 Å². The number of thiol groups is 1. The quantitative estimate of drug-likeness (QED) is 0.381. The van der Waals surface area contributed by atoms with Crippen molar-refractivity contribution in [1.29, 1.82) is 0 Å². The average molecular weight is 554 g/mol. The van der Waals surface area contributed by atoms with Crippen LogP contribution >= 0.6 is 12.6 Å². The SMILES string of the molecule is CCCN(c1ccc(S(N)(=O)=O)cc1S(=O)(=O)C(F)(F)F)[C@H](S)c1cccc(N2CCOCC2)c1. The van der Waals surface area contributed by atoms with E-state index in [1.165, 1.54) is 4.90 Å². The molecule has 0 aromatic heterocycles. The number of rotatable bonds is 8. The van der Waals surface area contributed by atoms with Gasteiger partial charge in [0.15, 0.2) is 0 Å². The molecule has 14 heteroatoms. The van der Waals surface area contributed by atoms with Gasteiger partial charge in [-0.25, -0.2) is 22.0 Å². The highest BCUT2D eigenvalue weighted by Crippen LogP contribution is 2.41. The summed E-state index contributed by atoms with van der Waals surface area (Å²) in [5, 5.41) is 4.22. The summed E-state index contributed by atoms with van der Waals surface area (Å²) in [5.74, 6) is 0. The monoisotopic (exact) mass is 553 g/mol. The summed E-state index contributed by atoms with van der Waals surface area (Å²) in [6.07, 6.45) is 0.447. The Labute approximate surface area is 208 Å². The van der Waals surface area contributed by atoms with Gasteiger partial charge in [-0.05, 0) is 42.3 Å². The van der Waals surface area contributed by atoms with Crippen molar-refractivity contribution in [3.63, 3.8) is 0 Å². The predicted molar refractivity (Wildman–Crippen MR) is 130 cm³/mol. The number of primary sulfonamides is 1. The zero-order chi connectivity index (χ0) is 26.0. The molecule has 0 unspecified atom stereocenters. The third-order valence-electron chi connectivity index (χ3n) is 5.47. The number of alkyl halides is 3. The molecular formula is C21H26F3N3O5S3. The van der Waals surface area contributed by atoms with Gasteiger partial charge < -0.3 is 14.5 Å². The van der Waals surface area contributed by atoms with Gasteiger partial charge in [-0.1, -0.05) is 19.1 Å². The van der Waals surface area contributed by atoms with Crippen LogP contribution in [0.1, 0.15) is 24.3 Å². The van der Waals surface area contributed by atoms with E-state index in [4.69, 9.17) is 9.88 Å². The molecule has 1 heterocycles. The van der Waals surface area contributed by atoms with E-state index in [1.807, 2.05) is 12.1 Å². The first-order chi connectivity index (χ1) is 16.3. The van der Waals surface area contributed by atoms with Gasteiger partial charge in [-0.2, -0.15) is 13.2 Å². The van der Waals surface area contributed by atoms with E-state index in [2.05, 4.69) is 17.5 Å². The van der Waals surface area contributed by atoms with Gasteiger partial charge in [0, 0.05) is 25.3 Å². The minimum absolute atomic E-state index is 0.144.